The number of anilines is 1. The van der Waals surface area contributed by atoms with Crippen molar-refractivity contribution in [2.75, 3.05) is 18.0 Å². The number of benzene rings is 1. The van der Waals surface area contributed by atoms with E-state index in [4.69, 9.17) is 5.73 Å². The fourth-order valence-electron chi connectivity index (χ4n) is 2.55. The van der Waals surface area contributed by atoms with Gasteiger partial charge < -0.3 is 15.7 Å². The second-order valence-corrected chi connectivity index (χ2v) is 5.16. The molecule has 1 heterocycles. The van der Waals surface area contributed by atoms with Crippen LogP contribution in [0.5, 0.6) is 0 Å². The minimum Gasteiger partial charge on any atom is -0.386 e. The summed E-state index contributed by atoms with van der Waals surface area (Å²) in [4.78, 5) is 23.4. The molecule has 108 valence electrons. The maximum atomic E-state index is 11.1. The Hall–Kier alpha value is -2.15. The third-order valence-electron chi connectivity index (χ3n) is 3.48. The number of β-amino-alcohol motifs (C(OH)–C–C–N with tert-alkyl or cyclic N) is 1. The van der Waals surface area contributed by atoms with Crippen LogP contribution in [0.1, 0.15) is 30.1 Å². The molecule has 7 heteroatoms. The number of nitro benzene ring substituents is 1. The van der Waals surface area contributed by atoms with Crippen molar-refractivity contribution >= 4 is 17.3 Å². The minimum atomic E-state index is -0.773. The standard InChI is InChI=1S/C13H17N3O4/c1-2-5-13(18)7-15(8-13)10-4-3-9(12(14)17)6-11(10)16(19)20/h3-4,6,18H,2,5,7-8H2,1H3,(H2,14,17). The van der Waals surface area contributed by atoms with Crippen LogP contribution in [-0.4, -0.2) is 34.6 Å². The summed E-state index contributed by atoms with van der Waals surface area (Å²) in [5, 5.41) is 21.2. The smallest absolute Gasteiger partial charge is 0.293 e. The van der Waals surface area contributed by atoms with Crippen molar-refractivity contribution in [3.8, 4) is 0 Å². The second kappa shape index (κ2) is 5.09. The van der Waals surface area contributed by atoms with E-state index in [0.717, 1.165) is 6.42 Å². The van der Waals surface area contributed by atoms with Crippen LogP contribution in [0.25, 0.3) is 0 Å². The Morgan fingerprint density at radius 3 is 2.70 bits per heavy atom. The molecule has 1 amide bonds. The molecule has 0 saturated carbocycles. The van der Waals surface area contributed by atoms with E-state index < -0.39 is 16.4 Å². The van der Waals surface area contributed by atoms with Gasteiger partial charge in [-0.15, -0.1) is 0 Å². The maximum Gasteiger partial charge on any atom is 0.293 e. The van der Waals surface area contributed by atoms with Gasteiger partial charge in [-0.05, 0) is 18.6 Å². The lowest BCUT2D eigenvalue weighted by atomic mass is 9.88. The summed E-state index contributed by atoms with van der Waals surface area (Å²) in [7, 11) is 0. The lowest BCUT2D eigenvalue weighted by molar-refractivity contribution is -0.384. The molecule has 20 heavy (non-hydrogen) atoms. The molecule has 1 aliphatic rings. The second-order valence-electron chi connectivity index (χ2n) is 5.16. The van der Waals surface area contributed by atoms with Gasteiger partial charge in [0, 0.05) is 24.7 Å². The van der Waals surface area contributed by atoms with Gasteiger partial charge in [0.25, 0.3) is 5.69 Å². The molecule has 1 aromatic carbocycles. The molecule has 1 saturated heterocycles. The number of nitrogens with zero attached hydrogens (tertiary/aromatic N) is 2. The molecular weight excluding hydrogens is 262 g/mol. The van der Waals surface area contributed by atoms with E-state index in [1.807, 2.05) is 6.92 Å². The normalized spacial score (nSPS) is 16.6. The summed E-state index contributed by atoms with van der Waals surface area (Å²) in [6, 6.07) is 4.14. The zero-order valence-electron chi connectivity index (χ0n) is 11.2. The number of hydrogen-bond donors (Lipinski definition) is 2. The fraction of sp³-hybridized carbons (Fsp3) is 0.462. The van der Waals surface area contributed by atoms with Crippen molar-refractivity contribution in [2.45, 2.75) is 25.4 Å². The number of carbonyl (C=O) groups excluding carboxylic acids is 1. The molecule has 0 atom stereocenters. The van der Waals surface area contributed by atoms with E-state index in [1.54, 1.807) is 4.90 Å². The Morgan fingerprint density at radius 2 is 2.20 bits per heavy atom. The van der Waals surface area contributed by atoms with Gasteiger partial charge in [-0.2, -0.15) is 0 Å². The van der Waals surface area contributed by atoms with E-state index in [2.05, 4.69) is 0 Å². The van der Waals surface area contributed by atoms with Gasteiger partial charge >= 0.3 is 0 Å². The van der Waals surface area contributed by atoms with E-state index in [0.29, 0.717) is 25.2 Å². The number of rotatable bonds is 5. The monoisotopic (exact) mass is 279 g/mol. The van der Waals surface area contributed by atoms with Crippen LogP contribution >= 0.6 is 0 Å². The third-order valence-corrected chi connectivity index (χ3v) is 3.48. The fourth-order valence-corrected chi connectivity index (χ4v) is 2.55. The molecule has 1 aromatic rings. The molecule has 0 bridgehead atoms. The Labute approximate surface area is 116 Å². The van der Waals surface area contributed by atoms with Crippen molar-refractivity contribution in [3.63, 3.8) is 0 Å². The Bertz CT molecular complexity index is 553. The topological polar surface area (TPSA) is 110 Å². The summed E-state index contributed by atoms with van der Waals surface area (Å²) in [6.07, 6.45) is 1.52. The van der Waals surface area contributed by atoms with Gasteiger partial charge in [-0.25, -0.2) is 0 Å². The highest BCUT2D eigenvalue weighted by Crippen LogP contribution is 2.36. The molecule has 0 radical (unpaired) electrons. The molecule has 7 nitrogen and oxygen atoms in total. The van der Waals surface area contributed by atoms with E-state index in [1.165, 1.54) is 18.2 Å². The Morgan fingerprint density at radius 1 is 1.55 bits per heavy atom. The number of carbonyl (C=O) groups is 1. The Kier molecular flexibility index (Phi) is 3.63. The van der Waals surface area contributed by atoms with Crippen molar-refractivity contribution in [1.82, 2.24) is 0 Å². The highest BCUT2D eigenvalue weighted by Gasteiger charge is 2.42. The number of aliphatic hydroxyl groups is 1. The first-order chi connectivity index (χ1) is 9.36. The van der Waals surface area contributed by atoms with E-state index in [9.17, 15) is 20.0 Å². The number of nitrogens with two attached hydrogens (primary N) is 1. The van der Waals surface area contributed by atoms with Crippen molar-refractivity contribution in [3.05, 3.63) is 33.9 Å². The largest absolute Gasteiger partial charge is 0.386 e. The molecule has 3 N–H and O–H groups in total. The molecule has 1 aliphatic heterocycles. The Balaban J connectivity index is 2.25. The third kappa shape index (κ3) is 2.57. The van der Waals surface area contributed by atoms with Crippen molar-refractivity contribution in [2.24, 2.45) is 5.73 Å². The van der Waals surface area contributed by atoms with E-state index in [-0.39, 0.29) is 11.3 Å². The van der Waals surface area contributed by atoms with Gasteiger partial charge in [0.1, 0.15) is 5.69 Å². The van der Waals surface area contributed by atoms with Crippen LogP contribution in [-0.2, 0) is 0 Å². The quantitative estimate of drug-likeness (QED) is 0.618. The van der Waals surface area contributed by atoms with Crippen LogP contribution in [0.3, 0.4) is 0 Å². The zero-order valence-corrected chi connectivity index (χ0v) is 11.2. The van der Waals surface area contributed by atoms with Crippen LogP contribution in [0.15, 0.2) is 18.2 Å². The highest BCUT2D eigenvalue weighted by molar-refractivity contribution is 5.94. The molecular formula is C13H17N3O4. The molecule has 0 aliphatic carbocycles. The summed E-state index contributed by atoms with van der Waals surface area (Å²) in [6.45, 7) is 2.69. The van der Waals surface area contributed by atoms with Gasteiger partial charge in [0.15, 0.2) is 0 Å². The summed E-state index contributed by atoms with van der Waals surface area (Å²) in [5.74, 6) is -0.703. The van der Waals surface area contributed by atoms with Crippen LogP contribution < -0.4 is 10.6 Å². The van der Waals surface area contributed by atoms with E-state index >= 15 is 0 Å². The molecule has 2 rings (SSSR count). The minimum absolute atomic E-state index is 0.102. The van der Waals surface area contributed by atoms with Crippen LogP contribution in [0.4, 0.5) is 11.4 Å². The first-order valence-corrected chi connectivity index (χ1v) is 6.42. The zero-order chi connectivity index (χ0) is 14.9. The first-order valence-electron chi connectivity index (χ1n) is 6.42. The summed E-state index contributed by atoms with van der Waals surface area (Å²) >= 11 is 0. The maximum absolute atomic E-state index is 11.1. The average molecular weight is 279 g/mol. The molecule has 1 fully saturated rings. The summed E-state index contributed by atoms with van der Waals surface area (Å²) in [5.41, 5.74) is 4.69. The lowest BCUT2D eigenvalue weighted by Gasteiger charge is -2.47. The van der Waals surface area contributed by atoms with Gasteiger partial charge in [-0.3, -0.25) is 14.9 Å². The van der Waals surface area contributed by atoms with Gasteiger partial charge in [0.2, 0.25) is 5.91 Å². The van der Waals surface area contributed by atoms with Gasteiger partial charge in [0.05, 0.1) is 10.5 Å². The van der Waals surface area contributed by atoms with Crippen molar-refractivity contribution in [1.29, 1.82) is 0 Å². The first kappa shape index (κ1) is 14.3. The predicted octanol–water partition coefficient (Wildman–Crippen LogP) is 1.04. The number of hydrogen-bond acceptors (Lipinski definition) is 5. The highest BCUT2D eigenvalue weighted by atomic mass is 16.6. The lowest BCUT2D eigenvalue weighted by Crippen LogP contribution is -2.62. The SMILES string of the molecule is CCCC1(O)CN(c2ccc(C(N)=O)cc2[N+](=O)[O-])C1. The average Bonchev–Trinajstić information content (AvgIpc) is 2.35. The number of nitro groups is 1. The van der Waals surface area contributed by atoms with Crippen molar-refractivity contribution < 1.29 is 14.8 Å². The van der Waals surface area contributed by atoms with Gasteiger partial charge in [-0.1, -0.05) is 13.3 Å². The number of amides is 1. The van der Waals surface area contributed by atoms with Crippen LogP contribution in [0, 0.1) is 10.1 Å². The number of primary amides is 1. The predicted molar refractivity (Wildman–Crippen MR) is 73.7 cm³/mol. The molecule has 0 aromatic heterocycles. The summed E-state index contributed by atoms with van der Waals surface area (Å²) < 4.78 is 0. The molecule has 0 spiro atoms. The molecule has 0 unspecified atom stereocenters. The van der Waals surface area contributed by atoms with Crippen LogP contribution in [0.2, 0.25) is 0 Å².